The lowest BCUT2D eigenvalue weighted by Crippen LogP contribution is -2.39. The fourth-order valence-electron chi connectivity index (χ4n) is 2.66. The summed E-state index contributed by atoms with van der Waals surface area (Å²) >= 11 is 0. The maximum absolute atomic E-state index is 13.6. The molecule has 2 aromatic rings. The van der Waals surface area contributed by atoms with E-state index >= 15 is 0 Å². The standard InChI is InChI=1S/C16H13FN2O2S/c1-16(8-4-6-13(17)10-16)22(20,21)19-14(11-18)9-12-5-2-3-7-15(12)19/h2-9H,10H2,1H3. The molecule has 0 aliphatic heterocycles. The zero-order chi connectivity index (χ0) is 16.0. The second kappa shape index (κ2) is 4.82. The molecule has 1 aromatic heterocycles. The van der Waals surface area contributed by atoms with Gasteiger partial charge in [-0.2, -0.15) is 5.26 Å². The number of allylic oxidation sites excluding steroid dienone is 3. The Morgan fingerprint density at radius 1 is 1.36 bits per heavy atom. The van der Waals surface area contributed by atoms with Crippen LogP contribution in [0.1, 0.15) is 19.0 Å². The number of fused-ring (bicyclic) bond motifs is 1. The Morgan fingerprint density at radius 3 is 2.77 bits per heavy atom. The number of aromatic nitrogens is 1. The van der Waals surface area contributed by atoms with E-state index < -0.39 is 20.6 Å². The summed E-state index contributed by atoms with van der Waals surface area (Å²) in [5, 5.41) is 9.93. The quantitative estimate of drug-likeness (QED) is 0.854. The van der Waals surface area contributed by atoms with Crippen LogP contribution in [0.15, 0.2) is 54.4 Å². The van der Waals surface area contributed by atoms with Gasteiger partial charge in [0.15, 0.2) is 0 Å². The zero-order valence-electron chi connectivity index (χ0n) is 11.8. The maximum Gasteiger partial charge on any atom is 0.249 e. The Labute approximate surface area is 127 Å². The van der Waals surface area contributed by atoms with Crippen LogP contribution in [0.25, 0.3) is 10.9 Å². The Hall–Kier alpha value is -2.39. The SMILES string of the molecule is CC1(S(=O)(=O)n2c(C#N)cc3ccccc32)C=CC=C(F)C1. The molecule has 1 unspecified atom stereocenters. The molecular weight excluding hydrogens is 303 g/mol. The molecule has 0 saturated carbocycles. The van der Waals surface area contributed by atoms with Crippen LogP contribution in [0.2, 0.25) is 0 Å². The van der Waals surface area contributed by atoms with Gasteiger partial charge in [-0.15, -0.1) is 0 Å². The molecule has 0 radical (unpaired) electrons. The second-order valence-electron chi connectivity index (χ2n) is 5.43. The topological polar surface area (TPSA) is 62.9 Å². The van der Waals surface area contributed by atoms with E-state index in [4.69, 9.17) is 0 Å². The Morgan fingerprint density at radius 2 is 2.09 bits per heavy atom. The lowest BCUT2D eigenvalue weighted by atomic mass is 10.0. The van der Waals surface area contributed by atoms with E-state index in [1.807, 2.05) is 6.07 Å². The third kappa shape index (κ3) is 1.97. The van der Waals surface area contributed by atoms with Crippen LogP contribution in [-0.4, -0.2) is 17.1 Å². The smallest absolute Gasteiger partial charge is 0.227 e. The first-order valence-electron chi connectivity index (χ1n) is 6.69. The molecule has 3 rings (SSSR count). The maximum atomic E-state index is 13.6. The van der Waals surface area contributed by atoms with E-state index in [1.165, 1.54) is 31.2 Å². The molecule has 0 N–H and O–H groups in total. The third-order valence-electron chi connectivity index (χ3n) is 3.86. The number of rotatable bonds is 2. The van der Waals surface area contributed by atoms with Crippen LogP contribution in [-0.2, 0) is 10.0 Å². The summed E-state index contributed by atoms with van der Waals surface area (Å²) in [4.78, 5) is 0. The van der Waals surface area contributed by atoms with Crippen molar-refractivity contribution in [3.8, 4) is 6.07 Å². The number of halogens is 1. The highest BCUT2D eigenvalue weighted by molar-refractivity contribution is 7.91. The molecule has 1 aliphatic rings. The Balaban J connectivity index is 2.29. The van der Waals surface area contributed by atoms with Crippen LogP contribution in [0.5, 0.6) is 0 Å². The summed E-state index contributed by atoms with van der Waals surface area (Å²) in [5.74, 6) is -0.497. The number of para-hydroxylation sites is 1. The van der Waals surface area contributed by atoms with Crippen LogP contribution >= 0.6 is 0 Å². The molecule has 22 heavy (non-hydrogen) atoms. The number of hydrogen-bond donors (Lipinski definition) is 0. The van der Waals surface area contributed by atoms with Gasteiger partial charge in [0.2, 0.25) is 10.0 Å². The fourth-order valence-corrected chi connectivity index (χ4v) is 4.43. The molecule has 0 saturated heterocycles. The van der Waals surface area contributed by atoms with Crippen LogP contribution in [0.3, 0.4) is 0 Å². The predicted octanol–water partition coefficient (Wildman–Crippen LogP) is 3.26. The minimum atomic E-state index is -3.99. The predicted molar refractivity (Wildman–Crippen MR) is 82.3 cm³/mol. The first-order valence-corrected chi connectivity index (χ1v) is 8.13. The molecule has 0 fully saturated rings. The van der Waals surface area contributed by atoms with E-state index in [1.54, 1.807) is 24.3 Å². The van der Waals surface area contributed by atoms with Crippen molar-refractivity contribution in [2.24, 2.45) is 0 Å². The fraction of sp³-hybridized carbons (Fsp3) is 0.188. The normalized spacial score (nSPS) is 21.6. The molecule has 0 spiro atoms. The molecule has 1 heterocycles. The monoisotopic (exact) mass is 316 g/mol. The number of nitriles is 1. The van der Waals surface area contributed by atoms with Gasteiger partial charge in [-0.3, -0.25) is 0 Å². The van der Waals surface area contributed by atoms with E-state index in [2.05, 4.69) is 0 Å². The summed E-state index contributed by atoms with van der Waals surface area (Å²) < 4.78 is 39.4. The first kappa shape index (κ1) is 14.5. The van der Waals surface area contributed by atoms with Gasteiger partial charge in [0.05, 0.1) is 5.52 Å². The summed E-state index contributed by atoms with van der Waals surface area (Å²) in [7, 11) is -3.99. The molecule has 1 atom stereocenters. The Bertz CT molecular complexity index is 964. The van der Waals surface area contributed by atoms with Crippen LogP contribution < -0.4 is 0 Å². The number of nitrogens with zero attached hydrogens (tertiary/aromatic N) is 2. The summed E-state index contributed by atoms with van der Waals surface area (Å²) in [6.45, 7) is 1.46. The van der Waals surface area contributed by atoms with Gasteiger partial charge in [0, 0.05) is 11.8 Å². The van der Waals surface area contributed by atoms with Gasteiger partial charge in [0.25, 0.3) is 0 Å². The van der Waals surface area contributed by atoms with Crippen molar-refractivity contribution in [2.75, 3.05) is 0 Å². The van der Waals surface area contributed by atoms with Crippen LogP contribution in [0, 0.1) is 11.3 Å². The molecule has 4 nitrogen and oxygen atoms in total. The van der Waals surface area contributed by atoms with Crippen molar-refractivity contribution in [1.82, 2.24) is 3.97 Å². The van der Waals surface area contributed by atoms with Crippen molar-refractivity contribution in [1.29, 1.82) is 5.26 Å². The zero-order valence-corrected chi connectivity index (χ0v) is 12.6. The molecular formula is C16H13FN2O2S. The van der Waals surface area contributed by atoms with Gasteiger partial charge < -0.3 is 0 Å². The first-order chi connectivity index (χ1) is 10.4. The van der Waals surface area contributed by atoms with Crippen molar-refractivity contribution >= 4 is 20.9 Å². The molecule has 112 valence electrons. The highest BCUT2D eigenvalue weighted by atomic mass is 32.2. The average molecular weight is 316 g/mol. The molecule has 1 aliphatic carbocycles. The Kier molecular flexibility index (Phi) is 3.18. The third-order valence-corrected chi connectivity index (χ3v) is 6.19. The minimum Gasteiger partial charge on any atom is -0.227 e. The minimum absolute atomic E-state index is 0.0192. The number of hydrogen-bond acceptors (Lipinski definition) is 3. The second-order valence-corrected chi connectivity index (χ2v) is 7.68. The summed E-state index contributed by atoms with van der Waals surface area (Å²) in [6.07, 6.45) is 3.86. The lowest BCUT2D eigenvalue weighted by Gasteiger charge is -2.28. The average Bonchev–Trinajstić information content (AvgIpc) is 2.85. The van der Waals surface area contributed by atoms with E-state index in [9.17, 15) is 18.1 Å². The molecule has 6 heteroatoms. The molecule has 0 amide bonds. The number of benzene rings is 1. The van der Waals surface area contributed by atoms with Gasteiger partial charge in [-0.25, -0.2) is 16.8 Å². The van der Waals surface area contributed by atoms with Gasteiger partial charge in [-0.1, -0.05) is 30.4 Å². The van der Waals surface area contributed by atoms with Gasteiger partial charge >= 0.3 is 0 Å². The highest BCUT2D eigenvalue weighted by Gasteiger charge is 2.42. The van der Waals surface area contributed by atoms with Crippen molar-refractivity contribution in [2.45, 2.75) is 18.1 Å². The molecule has 0 bridgehead atoms. The van der Waals surface area contributed by atoms with E-state index in [0.717, 1.165) is 3.97 Å². The van der Waals surface area contributed by atoms with Crippen LogP contribution in [0.4, 0.5) is 4.39 Å². The van der Waals surface area contributed by atoms with Crippen molar-refractivity contribution < 1.29 is 12.8 Å². The van der Waals surface area contributed by atoms with Gasteiger partial charge in [-0.05, 0) is 25.1 Å². The van der Waals surface area contributed by atoms with Gasteiger partial charge in [0.1, 0.15) is 22.3 Å². The highest BCUT2D eigenvalue weighted by Crippen LogP contribution is 2.35. The lowest BCUT2D eigenvalue weighted by molar-refractivity contribution is 0.510. The van der Waals surface area contributed by atoms with Crippen molar-refractivity contribution in [3.63, 3.8) is 0 Å². The van der Waals surface area contributed by atoms with E-state index in [0.29, 0.717) is 10.9 Å². The summed E-state index contributed by atoms with van der Waals surface area (Å²) in [6, 6.07) is 10.3. The molecule has 1 aromatic carbocycles. The summed E-state index contributed by atoms with van der Waals surface area (Å²) in [5.41, 5.74) is 0.439. The van der Waals surface area contributed by atoms with E-state index in [-0.39, 0.29) is 12.1 Å². The largest absolute Gasteiger partial charge is 0.249 e. The van der Waals surface area contributed by atoms with Crippen molar-refractivity contribution in [3.05, 3.63) is 60.1 Å².